The van der Waals surface area contributed by atoms with Crippen molar-refractivity contribution in [3.63, 3.8) is 0 Å². The maximum atomic E-state index is 2.36. The second-order valence-electron chi connectivity index (χ2n) is 5.25. The van der Waals surface area contributed by atoms with E-state index in [0.29, 0.717) is 10.8 Å². The molecule has 0 aromatic rings. The fourth-order valence-corrected chi connectivity index (χ4v) is 2.81. The van der Waals surface area contributed by atoms with Crippen molar-refractivity contribution in [3.05, 3.63) is 22.3 Å². The molecule has 1 fully saturated rings. The van der Waals surface area contributed by atoms with Crippen molar-refractivity contribution in [3.8, 4) is 0 Å². The van der Waals surface area contributed by atoms with Crippen LogP contribution in [0.25, 0.3) is 0 Å². The molecule has 66 valence electrons. The van der Waals surface area contributed by atoms with Crippen molar-refractivity contribution in [1.29, 1.82) is 0 Å². The molecule has 0 aromatic heterocycles. The molecule has 0 unspecified atom stereocenters. The Bertz CT molecular complexity index is 288. The Morgan fingerprint density at radius 3 is 1.17 bits per heavy atom. The van der Waals surface area contributed by atoms with Crippen LogP contribution >= 0.6 is 0 Å². The molecule has 0 radical (unpaired) electrons. The summed E-state index contributed by atoms with van der Waals surface area (Å²) in [5, 5.41) is 0. The number of hydrogen-bond donors (Lipinski definition) is 0. The van der Waals surface area contributed by atoms with Crippen molar-refractivity contribution in [2.75, 3.05) is 0 Å². The average Bonchev–Trinajstić information content (AvgIpc) is 1.96. The number of fused-ring (bicyclic) bond motifs is 1. The van der Waals surface area contributed by atoms with E-state index in [1.54, 1.807) is 22.3 Å². The maximum absolute atomic E-state index is 2.36. The molecule has 0 heterocycles. The predicted molar refractivity (Wildman–Crippen MR) is 53.0 cm³/mol. The summed E-state index contributed by atoms with van der Waals surface area (Å²) >= 11 is 0. The van der Waals surface area contributed by atoms with Gasteiger partial charge in [-0.15, -0.1) is 0 Å². The van der Waals surface area contributed by atoms with Gasteiger partial charge >= 0.3 is 0 Å². The third-order valence-corrected chi connectivity index (χ3v) is 4.38. The molecule has 0 bridgehead atoms. The Morgan fingerprint density at radius 1 is 0.667 bits per heavy atom. The van der Waals surface area contributed by atoms with Crippen molar-refractivity contribution in [2.24, 2.45) is 10.8 Å². The second-order valence-corrected chi connectivity index (χ2v) is 5.25. The van der Waals surface area contributed by atoms with Gasteiger partial charge in [-0.1, -0.05) is 27.7 Å². The molecule has 2 aliphatic rings. The lowest BCUT2D eigenvalue weighted by Gasteiger charge is -2.63. The van der Waals surface area contributed by atoms with Gasteiger partial charge in [0.25, 0.3) is 0 Å². The Balaban J connectivity index is 2.51. The third-order valence-electron chi connectivity index (χ3n) is 4.38. The quantitative estimate of drug-likeness (QED) is 0.509. The van der Waals surface area contributed by atoms with E-state index < -0.39 is 0 Å². The lowest BCUT2D eigenvalue weighted by molar-refractivity contribution is 0.125. The summed E-state index contributed by atoms with van der Waals surface area (Å²) in [5.41, 5.74) is 7.20. The first kappa shape index (κ1) is 8.10. The molecule has 0 nitrogen and oxygen atoms in total. The lowest BCUT2D eigenvalue weighted by Crippen LogP contribution is -2.52. The van der Waals surface area contributed by atoms with E-state index in [2.05, 4.69) is 41.5 Å². The highest BCUT2D eigenvalue weighted by atomic mass is 14.6. The van der Waals surface area contributed by atoms with Gasteiger partial charge in [-0.3, -0.25) is 0 Å². The minimum atomic E-state index is 0.409. The highest BCUT2D eigenvalue weighted by molar-refractivity contribution is 5.70. The van der Waals surface area contributed by atoms with Gasteiger partial charge in [-0.05, 0) is 47.0 Å². The topological polar surface area (TPSA) is 0 Å². The third kappa shape index (κ3) is 0.512. The molecular weight excluding hydrogens is 144 g/mol. The molecule has 2 rings (SSSR count). The smallest absolute Gasteiger partial charge is 0.000608 e. The van der Waals surface area contributed by atoms with Gasteiger partial charge in [0.1, 0.15) is 0 Å². The maximum Gasteiger partial charge on any atom is -0.000608 e. The molecular formula is C12H18. The molecule has 0 atom stereocenters. The lowest BCUT2D eigenvalue weighted by atomic mass is 9.41. The van der Waals surface area contributed by atoms with Crippen LogP contribution in [0.15, 0.2) is 22.3 Å². The van der Waals surface area contributed by atoms with E-state index in [9.17, 15) is 0 Å². The molecule has 0 aliphatic heterocycles. The number of allylic oxidation sites excluding steroid dienone is 4. The molecule has 0 N–H and O–H groups in total. The Hall–Kier alpha value is -0.520. The first-order chi connectivity index (χ1) is 5.32. The minimum absolute atomic E-state index is 0.409. The van der Waals surface area contributed by atoms with Crippen LogP contribution in [0.3, 0.4) is 0 Å². The van der Waals surface area contributed by atoms with E-state index in [-0.39, 0.29) is 0 Å². The van der Waals surface area contributed by atoms with Crippen LogP contribution in [0, 0.1) is 10.8 Å². The van der Waals surface area contributed by atoms with Gasteiger partial charge in [-0.25, -0.2) is 0 Å². The first-order valence-corrected chi connectivity index (χ1v) is 4.75. The first-order valence-electron chi connectivity index (χ1n) is 4.75. The van der Waals surface area contributed by atoms with Crippen LogP contribution in [0.5, 0.6) is 0 Å². The normalized spacial score (nSPS) is 29.5. The zero-order chi connectivity index (χ0) is 9.31. The zero-order valence-corrected chi connectivity index (χ0v) is 9.00. The Labute approximate surface area is 75.4 Å². The fourth-order valence-electron chi connectivity index (χ4n) is 2.81. The summed E-state index contributed by atoms with van der Waals surface area (Å²) < 4.78 is 0. The molecule has 1 saturated carbocycles. The Morgan fingerprint density at radius 2 is 0.917 bits per heavy atom. The van der Waals surface area contributed by atoms with Crippen molar-refractivity contribution < 1.29 is 0 Å². The van der Waals surface area contributed by atoms with Gasteiger partial charge in [0.2, 0.25) is 0 Å². The Kier molecular flexibility index (Phi) is 1.15. The van der Waals surface area contributed by atoms with Crippen LogP contribution in [-0.4, -0.2) is 0 Å². The van der Waals surface area contributed by atoms with Crippen molar-refractivity contribution >= 4 is 0 Å². The van der Waals surface area contributed by atoms with Crippen LogP contribution < -0.4 is 0 Å². The van der Waals surface area contributed by atoms with E-state index in [1.807, 2.05) is 0 Å². The standard InChI is InChI=1S/C12H18/c1-7-8(2)10-9(7)11(3,4)12(10,5)6/h1-6H3. The molecule has 0 aromatic carbocycles. The van der Waals surface area contributed by atoms with Crippen LogP contribution in [0.4, 0.5) is 0 Å². The SMILES string of the molecule is CC1=C2C(=C1C)C(C)(C)C2(C)C. The predicted octanol–water partition coefficient (Wildman–Crippen LogP) is 3.70. The summed E-state index contributed by atoms with van der Waals surface area (Å²) in [7, 11) is 0. The number of hydrogen-bond acceptors (Lipinski definition) is 0. The van der Waals surface area contributed by atoms with Gasteiger partial charge in [0.15, 0.2) is 0 Å². The molecule has 0 saturated heterocycles. The highest BCUT2D eigenvalue weighted by Gasteiger charge is 2.59. The average molecular weight is 162 g/mol. The van der Waals surface area contributed by atoms with Gasteiger partial charge in [0.05, 0.1) is 0 Å². The van der Waals surface area contributed by atoms with E-state index in [1.165, 1.54) is 0 Å². The molecule has 0 spiro atoms. The van der Waals surface area contributed by atoms with Gasteiger partial charge < -0.3 is 0 Å². The van der Waals surface area contributed by atoms with E-state index >= 15 is 0 Å². The van der Waals surface area contributed by atoms with Crippen LogP contribution in [-0.2, 0) is 0 Å². The summed E-state index contributed by atoms with van der Waals surface area (Å²) in [6.45, 7) is 14.0. The van der Waals surface area contributed by atoms with Gasteiger partial charge in [-0.2, -0.15) is 0 Å². The summed E-state index contributed by atoms with van der Waals surface area (Å²) in [5.74, 6) is 0. The summed E-state index contributed by atoms with van der Waals surface area (Å²) in [4.78, 5) is 0. The zero-order valence-electron chi connectivity index (χ0n) is 9.00. The van der Waals surface area contributed by atoms with Crippen molar-refractivity contribution in [2.45, 2.75) is 41.5 Å². The molecule has 0 amide bonds. The largest absolute Gasteiger partial charge is 0.0550 e. The van der Waals surface area contributed by atoms with Crippen LogP contribution in [0.2, 0.25) is 0 Å². The summed E-state index contributed by atoms with van der Waals surface area (Å²) in [6.07, 6.45) is 0. The molecule has 2 aliphatic carbocycles. The minimum Gasteiger partial charge on any atom is -0.0550 e. The number of rotatable bonds is 0. The van der Waals surface area contributed by atoms with E-state index in [0.717, 1.165) is 0 Å². The fraction of sp³-hybridized carbons (Fsp3) is 0.667. The summed E-state index contributed by atoms with van der Waals surface area (Å²) in [6, 6.07) is 0. The monoisotopic (exact) mass is 162 g/mol. The van der Waals surface area contributed by atoms with Crippen molar-refractivity contribution in [1.82, 2.24) is 0 Å². The second kappa shape index (κ2) is 1.71. The molecule has 0 heteroatoms. The van der Waals surface area contributed by atoms with Crippen LogP contribution in [0.1, 0.15) is 41.5 Å². The van der Waals surface area contributed by atoms with E-state index in [4.69, 9.17) is 0 Å². The van der Waals surface area contributed by atoms with Gasteiger partial charge in [0, 0.05) is 0 Å². The molecule has 12 heavy (non-hydrogen) atoms. The highest BCUT2D eigenvalue weighted by Crippen LogP contribution is 2.70.